The number of aromatic nitrogens is 1. The Morgan fingerprint density at radius 1 is 1.30 bits per heavy atom. The van der Waals surface area contributed by atoms with Gasteiger partial charge in [0.15, 0.2) is 5.54 Å². The van der Waals surface area contributed by atoms with Crippen molar-refractivity contribution in [1.29, 1.82) is 0 Å². The number of fused-ring (bicyclic) bond motifs is 3. The standard InChI is InChI=1S/C14H14N2O4/c1-14(13(19)20)11-8(6-10(16-14)12(17)18)7-4-2-3-5-9(7)15-11/h2-5,10,15-16H,6H2,1H3,(H,17,18)(H,19,20)/t10-,14+/m1/s1. The molecule has 3 rings (SSSR count). The molecule has 6 heteroatoms. The zero-order chi connectivity index (χ0) is 14.5. The Morgan fingerprint density at radius 3 is 2.65 bits per heavy atom. The molecule has 2 heterocycles. The van der Waals surface area contributed by atoms with Crippen LogP contribution in [0.2, 0.25) is 0 Å². The minimum Gasteiger partial charge on any atom is -0.480 e. The van der Waals surface area contributed by atoms with Gasteiger partial charge in [0.05, 0.1) is 5.69 Å². The van der Waals surface area contributed by atoms with Gasteiger partial charge in [-0.25, -0.2) is 4.79 Å². The summed E-state index contributed by atoms with van der Waals surface area (Å²) in [7, 11) is 0. The van der Waals surface area contributed by atoms with Crippen LogP contribution < -0.4 is 5.32 Å². The summed E-state index contributed by atoms with van der Waals surface area (Å²) in [5.41, 5.74) is 0.675. The Kier molecular flexibility index (Phi) is 2.58. The second-order valence-corrected chi connectivity index (χ2v) is 5.19. The van der Waals surface area contributed by atoms with Crippen LogP contribution in [0.3, 0.4) is 0 Å². The largest absolute Gasteiger partial charge is 0.480 e. The van der Waals surface area contributed by atoms with Gasteiger partial charge in [0.1, 0.15) is 6.04 Å². The Balaban J connectivity index is 2.27. The van der Waals surface area contributed by atoms with Crippen LogP contribution in [0.4, 0.5) is 0 Å². The van der Waals surface area contributed by atoms with E-state index in [1.54, 1.807) is 0 Å². The van der Waals surface area contributed by atoms with Crippen LogP contribution in [0, 0.1) is 0 Å². The van der Waals surface area contributed by atoms with Gasteiger partial charge in [0.25, 0.3) is 0 Å². The van der Waals surface area contributed by atoms with E-state index in [1.807, 2.05) is 24.3 Å². The van der Waals surface area contributed by atoms with Crippen LogP contribution in [0.15, 0.2) is 24.3 Å². The number of aliphatic carboxylic acids is 2. The van der Waals surface area contributed by atoms with Crippen molar-refractivity contribution in [3.8, 4) is 0 Å². The summed E-state index contributed by atoms with van der Waals surface area (Å²) >= 11 is 0. The van der Waals surface area contributed by atoms with Gasteiger partial charge in [-0.05, 0) is 18.6 Å². The number of benzene rings is 1. The molecule has 1 aliphatic rings. The van der Waals surface area contributed by atoms with Crippen molar-refractivity contribution in [2.75, 3.05) is 0 Å². The van der Waals surface area contributed by atoms with Crippen molar-refractivity contribution >= 4 is 22.8 Å². The fraction of sp³-hybridized carbons (Fsp3) is 0.286. The highest BCUT2D eigenvalue weighted by atomic mass is 16.4. The Morgan fingerprint density at radius 2 is 2.00 bits per heavy atom. The van der Waals surface area contributed by atoms with Crippen LogP contribution in [0.5, 0.6) is 0 Å². The van der Waals surface area contributed by atoms with Crippen molar-refractivity contribution in [3.05, 3.63) is 35.5 Å². The maximum Gasteiger partial charge on any atom is 0.329 e. The number of carboxylic acids is 2. The number of carbonyl (C=O) groups is 2. The molecule has 0 saturated carbocycles. The third-order valence-electron chi connectivity index (χ3n) is 3.91. The number of aromatic amines is 1. The zero-order valence-electron chi connectivity index (χ0n) is 10.8. The lowest BCUT2D eigenvalue weighted by atomic mass is 9.85. The maximum absolute atomic E-state index is 11.6. The van der Waals surface area contributed by atoms with Crippen molar-refractivity contribution in [2.24, 2.45) is 0 Å². The summed E-state index contributed by atoms with van der Waals surface area (Å²) in [6.07, 6.45) is 0.261. The Labute approximate surface area is 114 Å². The molecule has 0 aliphatic carbocycles. The highest BCUT2D eigenvalue weighted by Crippen LogP contribution is 2.35. The summed E-state index contributed by atoms with van der Waals surface area (Å²) in [6, 6.07) is 6.52. The van der Waals surface area contributed by atoms with E-state index in [4.69, 9.17) is 0 Å². The van der Waals surface area contributed by atoms with Crippen LogP contribution in [0.1, 0.15) is 18.2 Å². The summed E-state index contributed by atoms with van der Waals surface area (Å²) in [4.78, 5) is 26.0. The first-order chi connectivity index (χ1) is 9.43. The van der Waals surface area contributed by atoms with Gasteiger partial charge < -0.3 is 15.2 Å². The van der Waals surface area contributed by atoms with Crippen LogP contribution >= 0.6 is 0 Å². The maximum atomic E-state index is 11.6. The third-order valence-corrected chi connectivity index (χ3v) is 3.91. The highest BCUT2D eigenvalue weighted by Gasteiger charge is 2.46. The first-order valence-electron chi connectivity index (χ1n) is 6.27. The molecule has 0 amide bonds. The lowest BCUT2D eigenvalue weighted by Gasteiger charge is -2.34. The van der Waals surface area contributed by atoms with E-state index >= 15 is 0 Å². The average Bonchev–Trinajstić information content (AvgIpc) is 2.78. The molecule has 1 aromatic heterocycles. The molecule has 0 unspecified atom stereocenters. The predicted octanol–water partition coefficient (Wildman–Crippen LogP) is 1.07. The molecule has 104 valence electrons. The minimum atomic E-state index is -1.43. The van der Waals surface area contributed by atoms with Crippen LogP contribution in [0.25, 0.3) is 10.9 Å². The van der Waals surface area contributed by atoms with Gasteiger partial charge in [0.2, 0.25) is 0 Å². The minimum absolute atomic E-state index is 0.261. The van der Waals surface area contributed by atoms with Crippen molar-refractivity contribution in [1.82, 2.24) is 10.3 Å². The van der Waals surface area contributed by atoms with E-state index in [0.29, 0.717) is 5.69 Å². The number of H-pyrrole nitrogens is 1. The van der Waals surface area contributed by atoms with E-state index in [0.717, 1.165) is 16.5 Å². The summed E-state index contributed by atoms with van der Waals surface area (Å²) in [5, 5.41) is 22.3. The molecular weight excluding hydrogens is 260 g/mol. The quantitative estimate of drug-likeness (QED) is 0.656. The summed E-state index contributed by atoms with van der Waals surface area (Å²) in [5.74, 6) is -2.15. The van der Waals surface area contributed by atoms with Crippen molar-refractivity contribution in [3.63, 3.8) is 0 Å². The lowest BCUT2D eigenvalue weighted by Crippen LogP contribution is -2.58. The molecule has 0 spiro atoms. The smallest absolute Gasteiger partial charge is 0.329 e. The van der Waals surface area contributed by atoms with Crippen molar-refractivity contribution in [2.45, 2.75) is 24.9 Å². The highest BCUT2D eigenvalue weighted by molar-refractivity contribution is 5.91. The topological polar surface area (TPSA) is 102 Å². The van der Waals surface area contributed by atoms with Gasteiger partial charge in [0, 0.05) is 17.3 Å². The molecule has 0 radical (unpaired) electrons. The molecule has 2 atom stereocenters. The lowest BCUT2D eigenvalue weighted by molar-refractivity contribution is -0.147. The molecule has 20 heavy (non-hydrogen) atoms. The van der Waals surface area contributed by atoms with E-state index in [1.165, 1.54) is 6.92 Å². The molecule has 2 aromatic rings. The van der Waals surface area contributed by atoms with Crippen LogP contribution in [-0.2, 0) is 21.5 Å². The first-order valence-corrected chi connectivity index (χ1v) is 6.27. The van der Waals surface area contributed by atoms with Gasteiger partial charge in [-0.3, -0.25) is 10.1 Å². The predicted molar refractivity (Wildman–Crippen MR) is 71.6 cm³/mol. The summed E-state index contributed by atoms with van der Waals surface area (Å²) < 4.78 is 0. The Hall–Kier alpha value is -2.34. The first kappa shape index (κ1) is 12.7. The molecule has 1 aromatic carbocycles. The van der Waals surface area contributed by atoms with E-state index in [-0.39, 0.29) is 6.42 Å². The molecule has 6 nitrogen and oxygen atoms in total. The number of carboxylic acid groups (broad SMARTS) is 2. The number of rotatable bonds is 2. The van der Waals surface area contributed by atoms with Gasteiger partial charge >= 0.3 is 11.9 Å². The summed E-state index contributed by atoms with van der Waals surface area (Å²) in [6.45, 7) is 1.48. The molecule has 0 fully saturated rings. The molecule has 4 N–H and O–H groups in total. The van der Waals surface area contributed by atoms with E-state index in [9.17, 15) is 19.8 Å². The second kappa shape index (κ2) is 4.08. The monoisotopic (exact) mass is 274 g/mol. The molecule has 0 bridgehead atoms. The van der Waals surface area contributed by atoms with Crippen molar-refractivity contribution < 1.29 is 19.8 Å². The van der Waals surface area contributed by atoms with Gasteiger partial charge in [-0.15, -0.1) is 0 Å². The zero-order valence-corrected chi connectivity index (χ0v) is 10.8. The molecule has 1 aliphatic heterocycles. The number of hydrogen-bond donors (Lipinski definition) is 4. The number of para-hydroxylation sites is 1. The van der Waals surface area contributed by atoms with Crippen LogP contribution in [-0.4, -0.2) is 33.2 Å². The van der Waals surface area contributed by atoms with E-state index in [2.05, 4.69) is 10.3 Å². The van der Waals surface area contributed by atoms with Gasteiger partial charge in [-0.1, -0.05) is 18.2 Å². The van der Waals surface area contributed by atoms with E-state index < -0.39 is 23.5 Å². The molecular formula is C14H14N2O4. The fourth-order valence-corrected chi connectivity index (χ4v) is 2.83. The molecule has 0 saturated heterocycles. The normalized spacial score (nSPS) is 25.4. The number of nitrogens with one attached hydrogen (secondary N) is 2. The third kappa shape index (κ3) is 1.61. The SMILES string of the molecule is C[C@]1(C(=O)O)N[C@@H](C(=O)O)Cc2c1[nH]c1ccccc21. The Bertz CT molecular complexity index is 721. The number of hydrogen-bond acceptors (Lipinski definition) is 3. The van der Waals surface area contributed by atoms with Gasteiger partial charge in [-0.2, -0.15) is 0 Å². The fourth-order valence-electron chi connectivity index (χ4n) is 2.83. The second-order valence-electron chi connectivity index (χ2n) is 5.19. The average molecular weight is 274 g/mol.